The normalized spacial score (nSPS) is 13.4. The van der Waals surface area contributed by atoms with Gasteiger partial charge in [0, 0.05) is 19.2 Å². The fourth-order valence-corrected chi connectivity index (χ4v) is 3.69. The number of nitrogens with one attached hydrogen (secondary N) is 1. The van der Waals surface area contributed by atoms with Crippen LogP contribution in [0.15, 0.2) is 53.7 Å². The van der Waals surface area contributed by atoms with Crippen molar-refractivity contribution >= 4 is 17.7 Å². The molecule has 8 heteroatoms. The van der Waals surface area contributed by atoms with Crippen LogP contribution >= 0.6 is 11.8 Å². The van der Waals surface area contributed by atoms with E-state index in [4.69, 9.17) is 9.47 Å². The predicted molar refractivity (Wildman–Crippen MR) is 106 cm³/mol. The molecule has 1 aromatic heterocycles. The van der Waals surface area contributed by atoms with Gasteiger partial charge in [-0.3, -0.25) is 4.79 Å². The Hall–Kier alpha value is -3.00. The molecule has 0 spiro atoms. The molecule has 0 bridgehead atoms. The lowest BCUT2D eigenvalue weighted by Gasteiger charge is -2.12. The van der Waals surface area contributed by atoms with E-state index in [2.05, 4.69) is 15.5 Å². The highest BCUT2D eigenvalue weighted by Crippen LogP contribution is 2.32. The molecular weight excluding hydrogens is 376 g/mol. The predicted octanol–water partition coefficient (Wildman–Crippen LogP) is 3.01. The molecule has 7 nitrogen and oxygen atoms in total. The van der Waals surface area contributed by atoms with E-state index in [0.29, 0.717) is 17.5 Å². The van der Waals surface area contributed by atoms with Gasteiger partial charge in [0.15, 0.2) is 22.5 Å². The lowest BCUT2D eigenvalue weighted by molar-refractivity contribution is -0.120. The molecule has 0 fully saturated rings. The highest BCUT2D eigenvalue weighted by Gasteiger charge is 2.20. The van der Waals surface area contributed by atoms with Gasteiger partial charge in [0.05, 0.1) is 5.25 Å². The number of rotatable bonds is 6. The maximum Gasteiger partial charge on any atom is 0.233 e. The standard InChI is InChI=1S/C20H20N4O3S/c1-13(19(25)21-11-14-8-9-16-17(10-14)27-12-26-16)28-20-23-22-18(24(20)2)15-6-4-3-5-7-15/h3-10,13H,11-12H2,1-2H3,(H,21,25)/t13-/m1/s1. The minimum absolute atomic E-state index is 0.0630. The molecule has 2 aromatic carbocycles. The third-order valence-electron chi connectivity index (χ3n) is 4.42. The average molecular weight is 396 g/mol. The zero-order chi connectivity index (χ0) is 19.5. The van der Waals surface area contributed by atoms with E-state index in [1.165, 1.54) is 11.8 Å². The summed E-state index contributed by atoms with van der Waals surface area (Å²) in [7, 11) is 1.90. The number of amides is 1. The number of nitrogens with zero attached hydrogens (tertiary/aromatic N) is 3. The van der Waals surface area contributed by atoms with E-state index in [1.54, 1.807) is 0 Å². The first kappa shape index (κ1) is 18.4. The summed E-state index contributed by atoms with van der Waals surface area (Å²) in [6.07, 6.45) is 0. The Morgan fingerprint density at radius 2 is 1.96 bits per heavy atom. The molecule has 3 aromatic rings. The Morgan fingerprint density at radius 1 is 1.18 bits per heavy atom. The molecule has 1 aliphatic heterocycles. The van der Waals surface area contributed by atoms with Gasteiger partial charge in [-0.05, 0) is 24.6 Å². The highest BCUT2D eigenvalue weighted by atomic mass is 32.2. The molecule has 1 aliphatic rings. The topological polar surface area (TPSA) is 78.3 Å². The van der Waals surface area contributed by atoms with Crippen molar-refractivity contribution in [1.29, 1.82) is 0 Å². The maximum absolute atomic E-state index is 12.5. The van der Waals surface area contributed by atoms with Crippen molar-refractivity contribution in [2.45, 2.75) is 23.9 Å². The lowest BCUT2D eigenvalue weighted by atomic mass is 10.2. The SMILES string of the molecule is C[C@@H](Sc1nnc(-c2ccccc2)n1C)C(=O)NCc1ccc2c(c1)OCO2. The summed E-state index contributed by atoms with van der Waals surface area (Å²) in [5, 5.41) is 11.8. The zero-order valence-electron chi connectivity index (χ0n) is 15.6. The fourth-order valence-electron chi connectivity index (χ4n) is 2.85. The summed E-state index contributed by atoms with van der Waals surface area (Å²) in [4.78, 5) is 12.5. The van der Waals surface area contributed by atoms with E-state index in [9.17, 15) is 4.79 Å². The van der Waals surface area contributed by atoms with Crippen molar-refractivity contribution in [3.05, 3.63) is 54.1 Å². The van der Waals surface area contributed by atoms with Crippen molar-refractivity contribution in [2.24, 2.45) is 7.05 Å². The largest absolute Gasteiger partial charge is 0.454 e. The maximum atomic E-state index is 12.5. The monoisotopic (exact) mass is 396 g/mol. The van der Waals surface area contributed by atoms with Gasteiger partial charge < -0.3 is 19.4 Å². The number of fused-ring (bicyclic) bond motifs is 1. The van der Waals surface area contributed by atoms with E-state index in [0.717, 1.165) is 22.7 Å². The molecule has 144 valence electrons. The van der Waals surface area contributed by atoms with Crippen LogP contribution in [0.5, 0.6) is 11.5 Å². The number of aromatic nitrogens is 3. The third kappa shape index (κ3) is 3.82. The number of carbonyl (C=O) groups excluding carboxylic acids is 1. The Kier molecular flexibility index (Phi) is 5.21. The molecule has 0 radical (unpaired) electrons. The summed E-state index contributed by atoms with van der Waals surface area (Å²) in [6, 6.07) is 15.5. The van der Waals surface area contributed by atoms with E-state index in [-0.39, 0.29) is 18.0 Å². The van der Waals surface area contributed by atoms with Gasteiger partial charge in [0.1, 0.15) is 0 Å². The van der Waals surface area contributed by atoms with Gasteiger partial charge in [0.25, 0.3) is 0 Å². The minimum Gasteiger partial charge on any atom is -0.454 e. The molecular formula is C20H20N4O3S. The molecule has 0 saturated heterocycles. The first-order chi connectivity index (χ1) is 13.6. The lowest BCUT2D eigenvalue weighted by Crippen LogP contribution is -2.30. The van der Waals surface area contributed by atoms with Crippen LogP contribution in [0.4, 0.5) is 0 Å². The van der Waals surface area contributed by atoms with Crippen LogP contribution in [0, 0.1) is 0 Å². The quantitative estimate of drug-likeness (QED) is 0.646. The number of benzene rings is 2. The average Bonchev–Trinajstić information content (AvgIpc) is 3.33. The molecule has 4 rings (SSSR count). The van der Waals surface area contributed by atoms with E-state index in [1.807, 2.05) is 67.1 Å². The van der Waals surface area contributed by atoms with Crippen molar-refractivity contribution in [2.75, 3.05) is 6.79 Å². The fraction of sp³-hybridized carbons (Fsp3) is 0.250. The number of thioether (sulfide) groups is 1. The van der Waals surface area contributed by atoms with E-state index >= 15 is 0 Å². The number of hydrogen-bond donors (Lipinski definition) is 1. The van der Waals surface area contributed by atoms with Crippen molar-refractivity contribution < 1.29 is 14.3 Å². The smallest absolute Gasteiger partial charge is 0.233 e. The van der Waals surface area contributed by atoms with Crippen LogP contribution < -0.4 is 14.8 Å². The third-order valence-corrected chi connectivity index (χ3v) is 5.56. The van der Waals surface area contributed by atoms with Crippen LogP contribution in [0.2, 0.25) is 0 Å². The van der Waals surface area contributed by atoms with E-state index < -0.39 is 0 Å². The van der Waals surface area contributed by atoms with Gasteiger partial charge in [0.2, 0.25) is 12.7 Å². The summed E-state index contributed by atoms with van der Waals surface area (Å²) in [5.74, 6) is 2.15. The van der Waals surface area contributed by atoms with Crippen molar-refractivity contribution in [1.82, 2.24) is 20.1 Å². The first-order valence-corrected chi connectivity index (χ1v) is 9.77. The van der Waals surface area contributed by atoms with Gasteiger partial charge >= 0.3 is 0 Å². The van der Waals surface area contributed by atoms with Gasteiger partial charge in [-0.1, -0.05) is 48.2 Å². The Balaban J connectivity index is 1.36. The number of carbonyl (C=O) groups is 1. The molecule has 0 unspecified atom stereocenters. The van der Waals surface area contributed by atoms with Crippen LogP contribution in [0.3, 0.4) is 0 Å². The first-order valence-electron chi connectivity index (χ1n) is 8.89. The molecule has 0 aliphatic carbocycles. The second-order valence-electron chi connectivity index (χ2n) is 6.40. The summed E-state index contributed by atoms with van der Waals surface area (Å²) < 4.78 is 12.6. The van der Waals surface area contributed by atoms with Gasteiger partial charge in [-0.2, -0.15) is 0 Å². The molecule has 0 saturated carbocycles. The highest BCUT2D eigenvalue weighted by molar-refractivity contribution is 8.00. The Labute approximate surface area is 167 Å². The summed E-state index contributed by atoms with van der Waals surface area (Å²) in [5.41, 5.74) is 1.95. The van der Waals surface area contributed by atoms with Gasteiger partial charge in [-0.15, -0.1) is 10.2 Å². The summed E-state index contributed by atoms with van der Waals surface area (Å²) in [6.45, 7) is 2.52. The minimum atomic E-state index is -0.305. The van der Waals surface area contributed by atoms with Crippen LogP contribution in [-0.2, 0) is 18.4 Å². The van der Waals surface area contributed by atoms with Crippen molar-refractivity contribution in [3.8, 4) is 22.9 Å². The summed E-state index contributed by atoms with van der Waals surface area (Å²) >= 11 is 1.38. The zero-order valence-corrected chi connectivity index (χ0v) is 16.4. The van der Waals surface area contributed by atoms with Gasteiger partial charge in [-0.25, -0.2) is 0 Å². The van der Waals surface area contributed by atoms with Crippen LogP contribution in [0.1, 0.15) is 12.5 Å². The Morgan fingerprint density at radius 3 is 2.79 bits per heavy atom. The second-order valence-corrected chi connectivity index (χ2v) is 7.70. The van der Waals surface area contributed by atoms with Crippen LogP contribution in [0.25, 0.3) is 11.4 Å². The molecule has 2 heterocycles. The molecule has 28 heavy (non-hydrogen) atoms. The molecule has 1 atom stereocenters. The second kappa shape index (κ2) is 7.93. The van der Waals surface area contributed by atoms with Crippen molar-refractivity contribution in [3.63, 3.8) is 0 Å². The van der Waals surface area contributed by atoms with Crippen LogP contribution in [-0.4, -0.2) is 32.7 Å². The molecule has 1 amide bonds. The number of ether oxygens (including phenoxy) is 2. The number of hydrogen-bond acceptors (Lipinski definition) is 6. The molecule has 1 N–H and O–H groups in total. The Bertz CT molecular complexity index is 990.